The van der Waals surface area contributed by atoms with Crippen molar-refractivity contribution in [3.63, 3.8) is 0 Å². The summed E-state index contributed by atoms with van der Waals surface area (Å²) in [5, 5.41) is 22.3. The number of aromatic nitrogens is 2. The molecule has 102 valence electrons. The van der Waals surface area contributed by atoms with Gasteiger partial charge in [-0.15, -0.1) is 11.3 Å². The van der Waals surface area contributed by atoms with E-state index in [2.05, 4.69) is 22.2 Å². The molecule has 0 saturated carbocycles. The summed E-state index contributed by atoms with van der Waals surface area (Å²) in [7, 11) is 0. The molecular weight excluding hydrogens is 266 g/mol. The Morgan fingerprint density at radius 2 is 2.26 bits per heavy atom. The number of fused-ring (bicyclic) bond motifs is 1. The van der Waals surface area contributed by atoms with Crippen LogP contribution in [0.5, 0.6) is 0 Å². The van der Waals surface area contributed by atoms with Crippen LogP contribution in [0.1, 0.15) is 18.7 Å². The monoisotopic (exact) mass is 281 g/mol. The van der Waals surface area contributed by atoms with Crippen LogP contribution in [0.4, 0.5) is 5.82 Å². The van der Waals surface area contributed by atoms with Crippen LogP contribution in [0.15, 0.2) is 12.4 Å². The fourth-order valence-corrected chi connectivity index (χ4v) is 2.49. The van der Waals surface area contributed by atoms with Crippen LogP contribution in [-0.4, -0.2) is 38.3 Å². The van der Waals surface area contributed by atoms with Crippen LogP contribution in [0, 0.1) is 0 Å². The van der Waals surface area contributed by atoms with E-state index < -0.39 is 11.6 Å². The number of nitrogens with one attached hydrogen (secondary N) is 1. The Bertz CT molecular complexity index is 609. The number of hydrogen-bond acceptors (Lipinski definition) is 6. The Balaban J connectivity index is 2.26. The molecule has 0 aliphatic carbocycles. The minimum Gasteiger partial charge on any atom is -0.479 e. The molecule has 0 bridgehead atoms. The minimum atomic E-state index is -1.83. The van der Waals surface area contributed by atoms with Crippen molar-refractivity contribution in [1.29, 1.82) is 0 Å². The van der Waals surface area contributed by atoms with Gasteiger partial charge in [-0.1, -0.05) is 6.92 Å². The SMILES string of the molecule is CCc1cc2c(NCC(C)(O)C(=O)O)ncnc2s1. The van der Waals surface area contributed by atoms with Gasteiger partial charge in [-0.2, -0.15) is 0 Å². The Labute approximate surface area is 114 Å². The van der Waals surface area contributed by atoms with E-state index in [9.17, 15) is 9.90 Å². The van der Waals surface area contributed by atoms with Gasteiger partial charge in [0.1, 0.15) is 17.0 Å². The molecule has 6 nitrogen and oxygen atoms in total. The van der Waals surface area contributed by atoms with Crippen LogP contribution in [-0.2, 0) is 11.2 Å². The molecule has 1 atom stereocenters. The second kappa shape index (κ2) is 5.10. The molecule has 0 aromatic carbocycles. The highest BCUT2D eigenvalue weighted by molar-refractivity contribution is 7.18. The maximum absolute atomic E-state index is 10.8. The van der Waals surface area contributed by atoms with Gasteiger partial charge in [0.05, 0.1) is 11.9 Å². The van der Waals surface area contributed by atoms with E-state index >= 15 is 0 Å². The van der Waals surface area contributed by atoms with E-state index in [-0.39, 0.29) is 6.54 Å². The second-order valence-corrected chi connectivity index (χ2v) is 5.56. The van der Waals surface area contributed by atoms with E-state index in [4.69, 9.17) is 5.11 Å². The highest BCUT2D eigenvalue weighted by Gasteiger charge is 2.29. The normalized spacial score (nSPS) is 14.3. The summed E-state index contributed by atoms with van der Waals surface area (Å²) in [6.07, 6.45) is 2.34. The zero-order valence-electron chi connectivity index (χ0n) is 10.7. The van der Waals surface area contributed by atoms with Crippen LogP contribution in [0.2, 0.25) is 0 Å². The molecule has 0 amide bonds. The number of carboxylic acid groups (broad SMARTS) is 1. The maximum Gasteiger partial charge on any atom is 0.337 e. The number of carboxylic acids is 1. The molecule has 0 aliphatic heterocycles. The Morgan fingerprint density at radius 3 is 2.89 bits per heavy atom. The van der Waals surface area contributed by atoms with Gasteiger partial charge < -0.3 is 15.5 Å². The summed E-state index contributed by atoms with van der Waals surface area (Å²) < 4.78 is 0. The molecule has 2 aromatic heterocycles. The number of nitrogens with zero attached hydrogens (tertiary/aromatic N) is 2. The van der Waals surface area contributed by atoms with Gasteiger partial charge in [-0.3, -0.25) is 0 Å². The van der Waals surface area contributed by atoms with E-state index in [1.807, 2.05) is 6.07 Å². The number of aliphatic hydroxyl groups is 1. The molecule has 2 aromatic rings. The van der Waals surface area contributed by atoms with E-state index in [0.29, 0.717) is 5.82 Å². The number of hydrogen-bond donors (Lipinski definition) is 3. The zero-order chi connectivity index (χ0) is 14.0. The number of rotatable bonds is 5. The predicted molar refractivity (Wildman–Crippen MR) is 73.5 cm³/mol. The van der Waals surface area contributed by atoms with Gasteiger partial charge >= 0.3 is 5.97 Å². The van der Waals surface area contributed by atoms with Gasteiger partial charge in [-0.25, -0.2) is 14.8 Å². The lowest BCUT2D eigenvalue weighted by Gasteiger charge is -2.18. The van der Waals surface area contributed by atoms with Crippen LogP contribution >= 0.6 is 11.3 Å². The highest BCUT2D eigenvalue weighted by atomic mass is 32.1. The first kappa shape index (κ1) is 13.7. The van der Waals surface area contributed by atoms with Crippen molar-refractivity contribution in [2.24, 2.45) is 0 Å². The summed E-state index contributed by atoms with van der Waals surface area (Å²) in [6.45, 7) is 3.18. The molecule has 0 fully saturated rings. The van der Waals surface area contributed by atoms with Crippen molar-refractivity contribution in [1.82, 2.24) is 9.97 Å². The molecule has 1 unspecified atom stereocenters. The van der Waals surface area contributed by atoms with Gasteiger partial charge in [0.2, 0.25) is 0 Å². The standard InChI is InChI=1S/C12H15N3O3S/c1-3-7-4-8-9(14-6-15-10(8)19-7)13-5-12(2,18)11(16)17/h4,6,18H,3,5H2,1-2H3,(H,16,17)(H,13,14,15). The Hall–Kier alpha value is -1.73. The van der Waals surface area contributed by atoms with Crippen LogP contribution < -0.4 is 5.32 Å². The van der Waals surface area contributed by atoms with Gasteiger partial charge in [-0.05, 0) is 19.4 Å². The smallest absolute Gasteiger partial charge is 0.337 e. The van der Waals surface area contributed by atoms with E-state index in [0.717, 1.165) is 16.6 Å². The largest absolute Gasteiger partial charge is 0.479 e. The lowest BCUT2D eigenvalue weighted by atomic mass is 10.1. The third-order valence-corrected chi connectivity index (χ3v) is 3.98. The molecule has 19 heavy (non-hydrogen) atoms. The first-order valence-electron chi connectivity index (χ1n) is 5.87. The summed E-state index contributed by atoms with van der Waals surface area (Å²) in [5.41, 5.74) is -1.83. The van der Waals surface area contributed by atoms with E-state index in [1.165, 1.54) is 18.1 Å². The molecule has 7 heteroatoms. The summed E-state index contributed by atoms with van der Waals surface area (Å²) in [6, 6.07) is 1.98. The van der Waals surface area contributed by atoms with Crippen molar-refractivity contribution in [3.8, 4) is 0 Å². The molecule has 0 aliphatic rings. The Kier molecular flexibility index (Phi) is 3.68. The van der Waals surface area contributed by atoms with Crippen molar-refractivity contribution < 1.29 is 15.0 Å². The number of thiophene rings is 1. The Morgan fingerprint density at radius 1 is 1.53 bits per heavy atom. The van der Waals surface area contributed by atoms with Crippen LogP contribution in [0.25, 0.3) is 10.2 Å². The molecular formula is C12H15N3O3S. The minimum absolute atomic E-state index is 0.119. The topological polar surface area (TPSA) is 95.3 Å². The molecule has 0 saturated heterocycles. The number of aliphatic carboxylic acids is 1. The van der Waals surface area contributed by atoms with Crippen LogP contribution in [0.3, 0.4) is 0 Å². The van der Waals surface area contributed by atoms with Gasteiger partial charge in [0.15, 0.2) is 5.60 Å². The average Bonchev–Trinajstić information content (AvgIpc) is 2.79. The zero-order valence-corrected chi connectivity index (χ0v) is 11.5. The first-order valence-corrected chi connectivity index (χ1v) is 6.68. The number of anilines is 1. The number of carbonyl (C=O) groups is 1. The van der Waals surface area contributed by atoms with Gasteiger partial charge in [0.25, 0.3) is 0 Å². The third kappa shape index (κ3) is 2.82. The predicted octanol–water partition coefficient (Wildman–Crippen LogP) is 1.50. The summed E-state index contributed by atoms with van der Waals surface area (Å²) in [4.78, 5) is 21.1. The molecule has 0 radical (unpaired) electrons. The lowest BCUT2D eigenvalue weighted by Crippen LogP contribution is -2.41. The molecule has 3 N–H and O–H groups in total. The first-order chi connectivity index (χ1) is 8.94. The second-order valence-electron chi connectivity index (χ2n) is 4.44. The molecule has 2 heterocycles. The van der Waals surface area contributed by atoms with Gasteiger partial charge in [0, 0.05) is 4.88 Å². The lowest BCUT2D eigenvalue weighted by molar-refractivity contribution is -0.155. The van der Waals surface area contributed by atoms with E-state index in [1.54, 1.807) is 11.3 Å². The quantitative estimate of drug-likeness (QED) is 0.768. The van der Waals surface area contributed by atoms with Crippen molar-refractivity contribution in [2.45, 2.75) is 25.9 Å². The maximum atomic E-state index is 10.8. The fourth-order valence-electron chi connectivity index (χ4n) is 1.55. The van der Waals surface area contributed by atoms with Crippen molar-refractivity contribution >= 4 is 33.3 Å². The summed E-state index contributed by atoms with van der Waals surface area (Å²) in [5.74, 6) is -0.729. The van der Waals surface area contributed by atoms with Crippen molar-refractivity contribution in [3.05, 3.63) is 17.3 Å². The van der Waals surface area contributed by atoms with Crippen molar-refractivity contribution in [2.75, 3.05) is 11.9 Å². The molecule has 0 spiro atoms. The third-order valence-electron chi connectivity index (χ3n) is 2.79. The average molecular weight is 281 g/mol. The summed E-state index contributed by atoms with van der Waals surface area (Å²) >= 11 is 1.58. The number of aryl methyl sites for hydroxylation is 1. The highest BCUT2D eigenvalue weighted by Crippen LogP contribution is 2.28. The molecule has 2 rings (SSSR count). The fraction of sp³-hybridized carbons (Fsp3) is 0.417.